The Morgan fingerprint density at radius 3 is 2.71 bits per heavy atom. The van der Waals surface area contributed by atoms with Crippen molar-refractivity contribution in [1.82, 2.24) is 20.9 Å². The number of alkyl halides is 1. The number of carbonyl (C=O) groups excluding carboxylic acids is 4. The normalized spacial score (nSPS) is 27.8. The van der Waals surface area contributed by atoms with Gasteiger partial charge in [0.25, 0.3) is 11.8 Å². The molecule has 2 fully saturated rings. The van der Waals surface area contributed by atoms with Crippen molar-refractivity contribution in [2.75, 3.05) is 13.1 Å². The molecule has 3 N–H and O–H groups in total. The lowest BCUT2D eigenvalue weighted by atomic mass is 10.0. The number of fused-ring (bicyclic) bond motifs is 1. The van der Waals surface area contributed by atoms with E-state index in [9.17, 15) is 23.6 Å². The molecule has 3 heterocycles. The molecule has 0 aromatic heterocycles. The monoisotopic (exact) mass is 388 g/mol. The highest BCUT2D eigenvalue weighted by molar-refractivity contribution is 6.24. The van der Waals surface area contributed by atoms with Gasteiger partial charge in [-0.25, -0.2) is 4.39 Å². The van der Waals surface area contributed by atoms with E-state index in [-0.39, 0.29) is 30.0 Å². The second-order valence-corrected chi connectivity index (χ2v) is 7.36. The number of hydrogen-bond acceptors (Lipinski definition) is 6. The van der Waals surface area contributed by atoms with Gasteiger partial charge in [-0.2, -0.15) is 0 Å². The minimum atomic E-state index is -0.985. The molecule has 1 unspecified atom stereocenters. The lowest BCUT2D eigenvalue weighted by Crippen LogP contribution is -2.54. The molecule has 4 amide bonds. The smallest absolute Gasteiger partial charge is 0.262 e. The Balaban J connectivity index is 1.54. The Kier molecular flexibility index (Phi) is 4.94. The van der Waals surface area contributed by atoms with E-state index >= 15 is 0 Å². The highest BCUT2D eigenvalue weighted by Gasteiger charge is 2.45. The van der Waals surface area contributed by atoms with Gasteiger partial charge in [-0.15, -0.1) is 0 Å². The van der Waals surface area contributed by atoms with Crippen molar-refractivity contribution in [3.8, 4) is 0 Å². The summed E-state index contributed by atoms with van der Waals surface area (Å²) in [6.07, 6.45) is -0.330. The number of hydrogen-bond donors (Lipinski definition) is 3. The van der Waals surface area contributed by atoms with Crippen molar-refractivity contribution in [3.05, 3.63) is 34.9 Å². The van der Waals surface area contributed by atoms with Crippen molar-refractivity contribution in [3.63, 3.8) is 0 Å². The summed E-state index contributed by atoms with van der Waals surface area (Å²) in [5.41, 5.74) is 1.15. The third-order valence-electron chi connectivity index (χ3n) is 5.43. The fourth-order valence-electron chi connectivity index (χ4n) is 4.03. The van der Waals surface area contributed by atoms with E-state index in [2.05, 4.69) is 16.0 Å². The van der Waals surface area contributed by atoms with E-state index in [1.807, 2.05) is 0 Å². The molecule has 0 saturated carbocycles. The number of imide groups is 2. The number of nitrogens with one attached hydrogen (secondary N) is 3. The Hall–Kier alpha value is -2.65. The van der Waals surface area contributed by atoms with Gasteiger partial charge in [0.05, 0.1) is 11.1 Å². The minimum Gasteiger partial charge on any atom is -0.312 e. The number of rotatable bonds is 4. The van der Waals surface area contributed by atoms with Gasteiger partial charge >= 0.3 is 0 Å². The summed E-state index contributed by atoms with van der Waals surface area (Å²) in [6.45, 7) is 1.28. The Morgan fingerprint density at radius 2 is 1.96 bits per heavy atom. The maximum Gasteiger partial charge on any atom is 0.262 e. The molecule has 4 rings (SSSR count). The standard InChI is InChI=1S/C19H21FN4O4/c20-11-6-12(9-21-8-11)22-7-10-2-1-3-13-16(10)19(28)24(18(13)27)14-4-5-15(25)23-17(14)26/h1-3,11-12,14,21-22H,4-9H2,(H,23,25,26)/t11-,12+,14?/m0/s1. The van der Waals surface area contributed by atoms with Crippen LogP contribution in [0.5, 0.6) is 0 Å². The van der Waals surface area contributed by atoms with Gasteiger partial charge in [-0.05, 0) is 24.5 Å². The maximum absolute atomic E-state index is 13.5. The zero-order valence-corrected chi connectivity index (χ0v) is 15.2. The third-order valence-corrected chi connectivity index (χ3v) is 5.43. The second-order valence-electron chi connectivity index (χ2n) is 7.36. The quantitative estimate of drug-likeness (QED) is 0.621. The molecule has 28 heavy (non-hydrogen) atoms. The van der Waals surface area contributed by atoms with E-state index in [0.29, 0.717) is 31.6 Å². The number of nitrogens with zero attached hydrogens (tertiary/aromatic N) is 1. The Labute approximate surface area is 160 Å². The molecule has 3 atom stereocenters. The van der Waals surface area contributed by atoms with Crippen LogP contribution in [0, 0.1) is 0 Å². The van der Waals surface area contributed by atoms with Crippen LogP contribution in [0.1, 0.15) is 45.5 Å². The third kappa shape index (κ3) is 3.31. The summed E-state index contributed by atoms with van der Waals surface area (Å²) >= 11 is 0. The molecule has 1 aromatic carbocycles. The van der Waals surface area contributed by atoms with Crippen molar-refractivity contribution in [2.45, 2.75) is 44.1 Å². The first kappa shape index (κ1) is 18.7. The largest absolute Gasteiger partial charge is 0.312 e. The SMILES string of the molecule is O=C1CCC(N2C(=O)c3cccc(CN[C@H]4CNC[C@@H](F)C4)c3C2=O)C(=O)N1. The molecule has 0 aliphatic carbocycles. The summed E-state index contributed by atoms with van der Waals surface area (Å²) < 4.78 is 13.5. The Bertz CT molecular complexity index is 858. The number of amides is 4. The summed E-state index contributed by atoms with van der Waals surface area (Å²) in [5.74, 6) is -2.10. The van der Waals surface area contributed by atoms with Crippen molar-refractivity contribution < 1.29 is 23.6 Å². The van der Waals surface area contributed by atoms with Crippen LogP contribution in [0.2, 0.25) is 0 Å². The predicted octanol–water partition coefficient (Wildman–Crippen LogP) is -0.123. The van der Waals surface area contributed by atoms with Gasteiger partial charge in [0.15, 0.2) is 0 Å². The molecule has 3 aliphatic rings. The molecule has 3 aliphatic heterocycles. The second kappa shape index (κ2) is 7.40. The summed E-state index contributed by atoms with van der Waals surface area (Å²) in [4.78, 5) is 50.3. The minimum absolute atomic E-state index is 0.0712. The van der Waals surface area contributed by atoms with E-state index in [1.54, 1.807) is 18.2 Å². The highest BCUT2D eigenvalue weighted by Crippen LogP contribution is 2.30. The van der Waals surface area contributed by atoms with Gasteiger partial charge in [-0.1, -0.05) is 12.1 Å². The Morgan fingerprint density at radius 1 is 1.14 bits per heavy atom. The molecule has 0 spiro atoms. The van der Waals surface area contributed by atoms with E-state index in [4.69, 9.17) is 0 Å². The molecule has 2 saturated heterocycles. The molecular weight excluding hydrogens is 367 g/mol. The van der Waals surface area contributed by atoms with Crippen LogP contribution >= 0.6 is 0 Å². The molecule has 9 heteroatoms. The molecule has 8 nitrogen and oxygen atoms in total. The van der Waals surface area contributed by atoms with Gasteiger partial charge in [0.1, 0.15) is 12.2 Å². The highest BCUT2D eigenvalue weighted by atomic mass is 19.1. The molecule has 1 aromatic rings. The first-order valence-corrected chi connectivity index (χ1v) is 9.37. The summed E-state index contributed by atoms with van der Waals surface area (Å²) in [7, 11) is 0. The number of carbonyl (C=O) groups is 4. The zero-order valence-electron chi connectivity index (χ0n) is 15.2. The first-order chi connectivity index (χ1) is 13.5. The van der Waals surface area contributed by atoms with Crippen molar-refractivity contribution in [2.24, 2.45) is 0 Å². The fourth-order valence-corrected chi connectivity index (χ4v) is 4.03. The van der Waals surface area contributed by atoms with Gasteiger partial charge in [-0.3, -0.25) is 29.4 Å². The van der Waals surface area contributed by atoms with Crippen LogP contribution in [-0.2, 0) is 16.1 Å². The van der Waals surface area contributed by atoms with E-state index in [0.717, 1.165) is 4.90 Å². The van der Waals surface area contributed by atoms with E-state index in [1.165, 1.54) is 0 Å². The number of benzene rings is 1. The molecule has 148 valence electrons. The van der Waals surface area contributed by atoms with Crippen molar-refractivity contribution >= 4 is 23.6 Å². The molecule has 0 bridgehead atoms. The van der Waals surface area contributed by atoms with Crippen molar-refractivity contribution in [1.29, 1.82) is 0 Å². The summed E-state index contributed by atoms with van der Waals surface area (Å²) in [6, 6.07) is 3.93. The summed E-state index contributed by atoms with van der Waals surface area (Å²) in [5, 5.41) is 8.42. The van der Waals surface area contributed by atoms with Crippen LogP contribution < -0.4 is 16.0 Å². The average molecular weight is 388 g/mol. The van der Waals surface area contributed by atoms with Gasteiger partial charge < -0.3 is 10.6 Å². The average Bonchev–Trinajstić information content (AvgIpc) is 2.92. The van der Waals surface area contributed by atoms with Crippen LogP contribution in [0.15, 0.2) is 18.2 Å². The fraction of sp³-hybridized carbons (Fsp3) is 0.474. The van der Waals surface area contributed by atoms with Crippen LogP contribution in [-0.4, -0.2) is 59.9 Å². The predicted molar refractivity (Wildman–Crippen MR) is 96.1 cm³/mol. The lowest BCUT2D eigenvalue weighted by Gasteiger charge is -2.28. The molecule has 0 radical (unpaired) electrons. The van der Waals surface area contributed by atoms with Crippen LogP contribution in [0.4, 0.5) is 4.39 Å². The maximum atomic E-state index is 13.5. The van der Waals surface area contributed by atoms with Crippen LogP contribution in [0.25, 0.3) is 0 Å². The first-order valence-electron chi connectivity index (χ1n) is 9.37. The van der Waals surface area contributed by atoms with Gasteiger partial charge in [0.2, 0.25) is 11.8 Å². The topological polar surface area (TPSA) is 108 Å². The van der Waals surface area contributed by atoms with Crippen LogP contribution in [0.3, 0.4) is 0 Å². The molecular formula is C19H21FN4O4. The lowest BCUT2D eigenvalue weighted by molar-refractivity contribution is -0.136. The van der Waals surface area contributed by atoms with E-state index < -0.39 is 35.8 Å². The number of halogens is 1. The van der Waals surface area contributed by atoms with Gasteiger partial charge in [0, 0.05) is 32.1 Å². The number of piperidine rings is 2. The zero-order chi connectivity index (χ0) is 19.8.